The standard InChI is InChI=1S/C19H26N2O4S2/c1-2-3-4-8-15-20-27(24,25)19-13-11-18(12-14-19)21-26(22,23)16-17-9-6-5-7-10-17/h5-7,9-14,20-21H,2-4,8,15-16H2,1H3. The lowest BCUT2D eigenvalue weighted by Crippen LogP contribution is -2.24. The van der Waals surface area contributed by atoms with Crippen LogP contribution >= 0.6 is 0 Å². The summed E-state index contributed by atoms with van der Waals surface area (Å²) in [6.45, 7) is 2.49. The van der Waals surface area contributed by atoms with E-state index in [1.165, 1.54) is 24.3 Å². The molecule has 8 heteroatoms. The van der Waals surface area contributed by atoms with Crippen LogP contribution < -0.4 is 9.44 Å². The Kier molecular flexibility index (Phi) is 7.82. The molecule has 0 saturated carbocycles. The Morgan fingerprint density at radius 1 is 0.815 bits per heavy atom. The summed E-state index contributed by atoms with van der Waals surface area (Å²) in [6, 6.07) is 14.5. The van der Waals surface area contributed by atoms with Gasteiger partial charge < -0.3 is 0 Å². The molecule has 0 atom stereocenters. The van der Waals surface area contributed by atoms with Crippen molar-refractivity contribution in [3.05, 3.63) is 60.2 Å². The van der Waals surface area contributed by atoms with Crippen LogP contribution in [0.15, 0.2) is 59.5 Å². The van der Waals surface area contributed by atoms with Crippen molar-refractivity contribution < 1.29 is 16.8 Å². The maximum Gasteiger partial charge on any atom is 0.240 e. The number of hydrogen-bond acceptors (Lipinski definition) is 4. The van der Waals surface area contributed by atoms with E-state index in [-0.39, 0.29) is 10.6 Å². The summed E-state index contributed by atoms with van der Waals surface area (Å²) in [5.74, 6) is -0.146. The lowest BCUT2D eigenvalue weighted by molar-refractivity contribution is 0.573. The molecule has 2 N–H and O–H groups in total. The second-order valence-corrected chi connectivity index (χ2v) is 9.82. The molecule has 0 fully saturated rings. The fourth-order valence-electron chi connectivity index (χ4n) is 2.55. The van der Waals surface area contributed by atoms with Gasteiger partial charge in [0.15, 0.2) is 0 Å². The van der Waals surface area contributed by atoms with E-state index in [2.05, 4.69) is 16.4 Å². The van der Waals surface area contributed by atoms with Crippen LogP contribution in [0.4, 0.5) is 5.69 Å². The molecule has 0 aliphatic carbocycles. The summed E-state index contributed by atoms with van der Waals surface area (Å²) in [5, 5.41) is 0. The second-order valence-electron chi connectivity index (χ2n) is 6.33. The first kappa shape index (κ1) is 21.4. The van der Waals surface area contributed by atoms with Crippen LogP contribution in [0.2, 0.25) is 0 Å². The third-order valence-electron chi connectivity index (χ3n) is 3.96. The number of rotatable bonds is 11. The molecule has 0 aliphatic heterocycles. The van der Waals surface area contributed by atoms with Crippen molar-refractivity contribution in [2.75, 3.05) is 11.3 Å². The molecule has 148 valence electrons. The molecule has 0 saturated heterocycles. The Morgan fingerprint density at radius 3 is 2.11 bits per heavy atom. The van der Waals surface area contributed by atoms with Gasteiger partial charge in [0, 0.05) is 12.2 Å². The maximum atomic E-state index is 12.3. The van der Waals surface area contributed by atoms with Crippen molar-refractivity contribution in [2.45, 2.75) is 43.3 Å². The Morgan fingerprint density at radius 2 is 1.48 bits per heavy atom. The highest BCUT2D eigenvalue weighted by molar-refractivity contribution is 7.92. The summed E-state index contributed by atoms with van der Waals surface area (Å²) in [7, 11) is -7.16. The molecular weight excluding hydrogens is 384 g/mol. The van der Waals surface area contributed by atoms with E-state index in [4.69, 9.17) is 0 Å². The first-order valence-corrected chi connectivity index (χ1v) is 12.1. The Labute approximate surface area is 162 Å². The van der Waals surface area contributed by atoms with Gasteiger partial charge in [0.05, 0.1) is 10.6 Å². The van der Waals surface area contributed by atoms with E-state index in [1.807, 2.05) is 6.07 Å². The van der Waals surface area contributed by atoms with Crippen LogP contribution in [0.3, 0.4) is 0 Å². The van der Waals surface area contributed by atoms with Crippen molar-refractivity contribution in [3.63, 3.8) is 0 Å². The molecule has 2 aromatic carbocycles. The van der Waals surface area contributed by atoms with Crippen molar-refractivity contribution in [1.82, 2.24) is 4.72 Å². The summed E-state index contributed by atoms with van der Waals surface area (Å²) in [6.07, 6.45) is 3.96. The number of unbranched alkanes of at least 4 members (excludes halogenated alkanes) is 3. The third-order valence-corrected chi connectivity index (χ3v) is 6.70. The van der Waals surface area contributed by atoms with Gasteiger partial charge in [0.2, 0.25) is 20.0 Å². The Bertz CT molecular complexity index is 910. The molecule has 27 heavy (non-hydrogen) atoms. The van der Waals surface area contributed by atoms with Gasteiger partial charge in [-0.1, -0.05) is 56.5 Å². The van der Waals surface area contributed by atoms with Gasteiger partial charge in [-0.3, -0.25) is 4.72 Å². The summed E-state index contributed by atoms with van der Waals surface area (Å²) < 4.78 is 54.0. The van der Waals surface area contributed by atoms with Gasteiger partial charge in [-0.05, 0) is 36.2 Å². The van der Waals surface area contributed by atoms with Crippen molar-refractivity contribution in [3.8, 4) is 0 Å². The van der Waals surface area contributed by atoms with E-state index in [1.54, 1.807) is 24.3 Å². The zero-order valence-corrected chi connectivity index (χ0v) is 17.0. The summed E-state index contributed by atoms with van der Waals surface area (Å²) in [5.41, 5.74) is 1.00. The highest BCUT2D eigenvalue weighted by atomic mass is 32.2. The molecule has 2 aromatic rings. The average Bonchev–Trinajstić information content (AvgIpc) is 2.62. The quantitative estimate of drug-likeness (QED) is 0.555. The zero-order chi connectivity index (χ0) is 19.8. The number of anilines is 1. The van der Waals surface area contributed by atoms with Crippen molar-refractivity contribution in [1.29, 1.82) is 0 Å². The molecule has 0 spiro atoms. The number of benzene rings is 2. The molecule has 0 amide bonds. The number of hydrogen-bond donors (Lipinski definition) is 2. The lowest BCUT2D eigenvalue weighted by atomic mass is 10.2. The van der Waals surface area contributed by atoms with Gasteiger partial charge in [-0.25, -0.2) is 21.6 Å². The van der Waals surface area contributed by atoms with Crippen LogP contribution in [-0.4, -0.2) is 23.4 Å². The van der Waals surface area contributed by atoms with Gasteiger partial charge >= 0.3 is 0 Å². The Balaban J connectivity index is 1.96. The molecule has 0 bridgehead atoms. The number of nitrogens with one attached hydrogen (secondary N) is 2. The minimum Gasteiger partial charge on any atom is -0.283 e. The SMILES string of the molecule is CCCCCCNS(=O)(=O)c1ccc(NS(=O)(=O)Cc2ccccc2)cc1. The molecule has 0 aliphatic rings. The van der Waals surface area contributed by atoms with Gasteiger partial charge in [0.25, 0.3) is 0 Å². The summed E-state index contributed by atoms with van der Waals surface area (Å²) >= 11 is 0. The summed E-state index contributed by atoms with van der Waals surface area (Å²) in [4.78, 5) is 0.115. The molecular formula is C19H26N2O4S2. The molecule has 6 nitrogen and oxygen atoms in total. The highest BCUT2D eigenvalue weighted by Gasteiger charge is 2.15. The van der Waals surface area contributed by atoms with Gasteiger partial charge in [0.1, 0.15) is 0 Å². The van der Waals surface area contributed by atoms with E-state index in [9.17, 15) is 16.8 Å². The van der Waals surface area contributed by atoms with Crippen molar-refractivity contribution >= 4 is 25.7 Å². The minimum absolute atomic E-state index is 0.115. The van der Waals surface area contributed by atoms with Gasteiger partial charge in [-0.15, -0.1) is 0 Å². The molecule has 0 aromatic heterocycles. The van der Waals surface area contributed by atoms with Crippen molar-refractivity contribution in [2.24, 2.45) is 0 Å². The monoisotopic (exact) mass is 410 g/mol. The minimum atomic E-state index is -3.58. The van der Waals surface area contributed by atoms with Crippen LogP contribution in [0, 0.1) is 0 Å². The second kappa shape index (κ2) is 9.87. The average molecular weight is 411 g/mol. The fraction of sp³-hybridized carbons (Fsp3) is 0.368. The van der Waals surface area contributed by atoms with E-state index in [0.29, 0.717) is 17.8 Å². The van der Waals surface area contributed by atoms with Crippen LogP contribution in [-0.2, 0) is 25.8 Å². The predicted octanol–water partition coefficient (Wildman–Crippen LogP) is 3.49. The third kappa shape index (κ3) is 7.32. The first-order valence-electron chi connectivity index (χ1n) is 8.96. The van der Waals surface area contributed by atoms with E-state index in [0.717, 1.165) is 25.7 Å². The smallest absolute Gasteiger partial charge is 0.240 e. The topological polar surface area (TPSA) is 92.3 Å². The normalized spacial score (nSPS) is 12.0. The fourth-order valence-corrected chi connectivity index (χ4v) is 4.83. The lowest BCUT2D eigenvalue weighted by Gasteiger charge is -2.10. The van der Waals surface area contributed by atoms with E-state index < -0.39 is 20.0 Å². The molecule has 0 unspecified atom stereocenters. The van der Waals surface area contributed by atoms with Crippen LogP contribution in [0.25, 0.3) is 0 Å². The predicted molar refractivity (Wildman–Crippen MR) is 108 cm³/mol. The largest absolute Gasteiger partial charge is 0.283 e. The van der Waals surface area contributed by atoms with Gasteiger partial charge in [-0.2, -0.15) is 0 Å². The zero-order valence-electron chi connectivity index (χ0n) is 15.4. The maximum absolute atomic E-state index is 12.3. The van der Waals surface area contributed by atoms with Crippen LogP contribution in [0.5, 0.6) is 0 Å². The Hall–Kier alpha value is -1.90. The molecule has 0 heterocycles. The molecule has 2 rings (SSSR count). The first-order chi connectivity index (χ1) is 12.8. The van der Waals surface area contributed by atoms with Crippen LogP contribution in [0.1, 0.15) is 38.2 Å². The molecule has 0 radical (unpaired) electrons. The highest BCUT2D eigenvalue weighted by Crippen LogP contribution is 2.17. The number of sulfonamides is 2. The van der Waals surface area contributed by atoms with E-state index >= 15 is 0 Å².